The van der Waals surface area contributed by atoms with Gasteiger partial charge < -0.3 is 5.11 Å². The number of carboxylic acids is 1. The maximum absolute atomic E-state index is 13.8. The lowest BCUT2D eigenvalue weighted by atomic mass is 9.81. The highest BCUT2D eigenvalue weighted by Gasteiger charge is 2.54. The van der Waals surface area contributed by atoms with Crippen molar-refractivity contribution in [2.24, 2.45) is 5.41 Å². The van der Waals surface area contributed by atoms with Crippen molar-refractivity contribution in [1.82, 2.24) is 0 Å². The molecule has 0 amide bonds. The predicted molar refractivity (Wildman–Crippen MR) is 51.7 cm³/mol. The van der Waals surface area contributed by atoms with Gasteiger partial charge >= 0.3 is 5.97 Å². The third kappa shape index (κ3) is 1.77. The van der Waals surface area contributed by atoms with Crippen LogP contribution in [-0.4, -0.2) is 11.1 Å². The summed E-state index contributed by atoms with van der Waals surface area (Å²) in [7, 11) is 0. The van der Waals surface area contributed by atoms with Crippen LogP contribution in [0.15, 0.2) is 24.3 Å². The molecule has 0 bridgehead atoms. The van der Waals surface area contributed by atoms with Crippen LogP contribution in [0.25, 0.3) is 0 Å². The Bertz CT molecular complexity index is 413. The summed E-state index contributed by atoms with van der Waals surface area (Å²) >= 11 is 0. The second-order valence-corrected chi connectivity index (χ2v) is 3.98. The number of hydrogen-bond acceptors (Lipinski definition) is 1. The number of benzene rings is 1. The van der Waals surface area contributed by atoms with E-state index in [0.29, 0.717) is 0 Å². The molecule has 16 heavy (non-hydrogen) atoms. The minimum atomic E-state index is -3.77. The number of hydrogen-bond donors (Lipinski definition) is 1. The second-order valence-electron chi connectivity index (χ2n) is 3.98. The summed E-state index contributed by atoms with van der Waals surface area (Å²) in [6.07, 6.45) is 0. The largest absolute Gasteiger partial charge is 0.481 e. The predicted octanol–water partition coefficient (Wildman–Crippen LogP) is 3.03. The van der Waals surface area contributed by atoms with Crippen LogP contribution in [0, 0.1) is 11.2 Å². The zero-order valence-corrected chi connectivity index (χ0v) is 8.80. The standard InChI is InChI=1S/C11H11F3O2/c1-10(2,9(15)16)11(13,14)7-5-3-4-6-8(7)12/h3-6H,1-2H3,(H,15,16). The Hall–Kier alpha value is -1.52. The number of carbonyl (C=O) groups is 1. The van der Waals surface area contributed by atoms with Crippen molar-refractivity contribution in [3.63, 3.8) is 0 Å². The van der Waals surface area contributed by atoms with Crippen molar-refractivity contribution in [1.29, 1.82) is 0 Å². The summed E-state index contributed by atoms with van der Waals surface area (Å²) in [5, 5.41) is 8.73. The minimum Gasteiger partial charge on any atom is -0.481 e. The summed E-state index contributed by atoms with van der Waals surface area (Å²) in [6.45, 7) is 1.73. The number of alkyl halides is 2. The monoisotopic (exact) mass is 232 g/mol. The average Bonchev–Trinajstić information content (AvgIpc) is 2.17. The first-order valence-corrected chi connectivity index (χ1v) is 4.57. The summed E-state index contributed by atoms with van der Waals surface area (Å²) < 4.78 is 40.9. The smallest absolute Gasteiger partial charge is 0.315 e. The van der Waals surface area contributed by atoms with Crippen molar-refractivity contribution >= 4 is 5.97 Å². The highest BCUT2D eigenvalue weighted by atomic mass is 19.3. The van der Waals surface area contributed by atoms with Gasteiger partial charge in [-0.25, -0.2) is 4.39 Å². The molecule has 1 rings (SSSR count). The number of halogens is 3. The van der Waals surface area contributed by atoms with Gasteiger partial charge in [-0.3, -0.25) is 4.79 Å². The molecular weight excluding hydrogens is 221 g/mol. The van der Waals surface area contributed by atoms with Crippen LogP contribution < -0.4 is 0 Å². The van der Waals surface area contributed by atoms with Gasteiger partial charge in [0.05, 0.1) is 5.56 Å². The highest BCUT2D eigenvalue weighted by Crippen LogP contribution is 2.45. The van der Waals surface area contributed by atoms with Gasteiger partial charge in [0.15, 0.2) is 0 Å². The van der Waals surface area contributed by atoms with Crippen LogP contribution in [0.1, 0.15) is 19.4 Å². The van der Waals surface area contributed by atoms with E-state index in [-0.39, 0.29) is 0 Å². The molecular formula is C11H11F3O2. The van der Waals surface area contributed by atoms with Gasteiger partial charge in [0.25, 0.3) is 5.92 Å². The van der Waals surface area contributed by atoms with Crippen LogP contribution in [0.3, 0.4) is 0 Å². The molecule has 5 heteroatoms. The van der Waals surface area contributed by atoms with Gasteiger partial charge in [0.2, 0.25) is 0 Å². The Labute approximate surface area is 90.7 Å². The van der Waals surface area contributed by atoms with Crippen LogP contribution in [0.5, 0.6) is 0 Å². The fourth-order valence-electron chi connectivity index (χ4n) is 1.19. The molecule has 1 aromatic carbocycles. The summed E-state index contributed by atoms with van der Waals surface area (Å²) in [6, 6.07) is 4.27. The summed E-state index contributed by atoms with van der Waals surface area (Å²) in [5.74, 6) is -6.56. The number of rotatable bonds is 3. The van der Waals surface area contributed by atoms with Crippen molar-refractivity contribution < 1.29 is 23.1 Å². The molecule has 88 valence electrons. The van der Waals surface area contributed by atoms with E-state index < -0.39 is 28.7 Å². The van der Waals surface area contributed by atoms with Gasteiger partial charge in [-0.1, -0.05) is 18.2 Å². The van der Waals surface area contributed by atoms with Crippen LogP contribution in [-0.2, 0) is 10.7 Å². The van der Waals surface area contributed by atoms with E-state index in [4.69, 9.17) is 5.11 Å². The zero-order valence-electron chi connectivity index (χ0n) is 8.80. The molecule has 0 aliphatic carbocycles. The average molecular weight is 232 g/mol. The first-order valence-electron chi connectivity index (χ1n) is 4.57. The van der Waals surface area contributed by atoms with Gasteiger partial charge in [-0.05, 0) is 19.9 Å². The van der Waals surface area contributed by atoms with Gasteiger partial charge in [-0.15, -0.1) is 0 Å². The lowest BCUT2D eigenvalue weighted by molar-refractivity contribution is -0.176. The molecule has 0 saturated heterocycles. The van der Waals surface area contributed by atoms with E-state index in [0.717, 1.165) is 26.0 Å². The molecule has 0 spiro atoms. The van der Waals surface area contributed by atoms with Gasteiger partial charge in [-0.2, -0.15) is 8.78 Å². The Morgan fingerprint density at radius 1 is 1.25 bits per heavy atom. The minimum absolute atomic E-state index is 0.863. The van der Waals surface area contributed by atoms with Crippen molar-refractivity contribution in [2.75, 3.05) is 0 Å². The Balaban J connectivity index is 3.32. The first kappa shape index (κ1) is 12.5. The Morgan fingerprint density at radius 2 is 1.75 bits per heavy atom. The van der Waals surface area contributed by atoms with E-state index in [1.165, 1.54) is 12.1 Å². The van der Waals surface area contributed by atoms with Gasteiger partial charge in [0.1, 0.15) is 11.2 Å². The van der Waals surface area contributed by atoms with Crippen LogP contribution in [0.4, 0.5) is 13.2 Å². The maximum atomic E-state index is 13.8. The molecule has 2 nitrogen and oxygen atoms in total. The van der Waals surface area contributed by atoms with E-state index in [1.54, 1.807) is 0 Å². The Kier molecular flexibility index (Phi) is 2.99. The molecule has 0 aliphatic rings. The number of carboxylic acid groups (broad SMARTS) is 1. The fourth-order valence-corrected chi connectivity index (χ4v) is 1.19. The van der Waals surface area contributed by atoms with Crippen molar-refractivity contribution in [3.8, 4) is 0 Å². The molecule has 0 heterocycles. The van der Waals surface area contributed by atoms with E-state index >= 15 is 0 Å². The Morgan fingerprint density at radius 3 is 2.19 bits per heavy atom. The molecule has 0 radical (unpaired) electrons. The quantitative estimate of drug-likeness (QED) is 0.869. The highest BCUT2D eigenvalue weighted by molar-refractivity contribution is 5.75. The molecule has 0 atom stereocenters. The molecule has 1 aromatic rings. The zero-order chi connectivity index (χ0) is 12.6. The lowest BCUT2D eigenvalue weighted by Gasteiger charge is -2.30. The summed E-state index contributed by atoms with van der Waals surface area (Å²) in [5.41, 5.74) is -3.27. The van der Waals surface area contributed by atoms with Crippen LogP contribution in [0.2, 0.25) is 0 Å². The van der Waals surface area contributed by atoms with E-state index in [1.807, 2.05) is 0 Å². The van der Waals surface area contributed by atoms with Gasteiger partial charge in [0, 0.05) is 0 Å². The number of aliphatic carboxylic acids is 1. The molecule has 0 saturated carbocycles. The third-order valence-electron chi connectivity index (χ3n) is 2.53. The van der Waals surface area contributed by atoms with Crippen molar-refractivity contribution in [2.45, 2.75) is 19.8 Å². The molecule has 1 N–H and O–H groups in total. The van der Waals surface area contributed by atoms with E-state index in [2.05, 4.69) is 0 Å². The molecule has 0 aliphatic heterocycles. The second kappa shape index (κ2) is 3.81. The molecule has 0 fully saturated rings. The van der Waals surface area contributed by atoms with Crippen molar-refractivity contribution in [3.05, 3.63) is 35.6 Å². The molecule has 0 unspecified atom stereocenters. The SMILES string of the molecule is CC(C)(C(=O)O)C(F)(F)c1ccccc1F. The normalized spacial score (nSPS) is 12.6. The molecule has 0 aromatic heterocycles. The van der Waals surface area contributed by atoms with E-state index in [9.17, 15) is 18.0 Å². The van der Waals surface area contributed by atoms with Crippen LogP contribution >= 0.6 is 0 Å². The maximum Gasteiger partial charge on any atom is 0.315 e. The third-order valence-corrected chi connectivity index (χ3v) is 2.53. The topological polar surface area (TPSA) is 37.3 Å². The lowest BCUT2D eigenvalue weighted by Crippen LogP contribution is -2.41. The fraction of sp³-hybridized carbons (Fsp3) is 0.364. The first-order chi connectivity index (χ1) is 7.21. The summed E-state index contributed by atoms with van der Waals surface area (Å²) in [4.78, 5) is 10.7.